The standard InChI is InChI=1S/C11H16O6/c12-9(13)7-5-3-1-2-4-6(7)8(10(14)15)11(16)17/h6-8H,1-5H2,(H,12,13)(H,14,15)(H,16,17). The molecule has 3 N–H and O–H groups in total. The molecule has 96 valence electrons. The second-order valence-electron chi connectivity index (χ2n) is 4.40. The molecule has 0 aromatic carbocycles. The number of aliphatic carboxylic acids is 3. The Kier molecular flexibility index (Phi) is 4.48. The van der Waals surface area contributed by atoms with E-state index in [1.807, 2.05) is 0 Å². The lowest BCUT2D eigenvalue weighted by Gasteiger charge is -2.24. The third kappa shape index (κ3) is 3.18. The van der Waals surface area contributed by atoms with Gasteiger partial charge in [-0.1, -0.05) is 19.3 Å². The maximum absolute atomic E-state index is 11.1. The van der Waals surface area contributed by atoms with Crippen LogP contribution >= 0.6 is 0 Å². The molecule has 0 aromatic rings. The van der Waals surface area contributed by atoms with Gasteiger partial charge in [-0.2, -0.15) is 0 Å². The van der Waals surface area contributed by atoms with E-state index in [-0.39, 0.29) is 0 Å². The second kappa shape index (κ2) is 5.65. The van der Waals surface area contributed by atoms with Crippen LogP contribution in [0.25, 0.3) is 0 Å². The highest BCUT2D eigenvalue weighted by Crippen LogP contribution is 2.34. The minimum Gasteiger partial charge on any atom is -0.481 e. The maximum Gasteiger partial charge on any atom is 0.318 e. The molecule has 2 unspecified atom stereocenters. The maximum atomic E-state index is 11.1. The largest absolute Gasteiger partial charge is 0.481 e. The van der Waals surface area contributed by atoms with Crippen LogP contribution in [-0.4, -0.2) is 33.2 Å². The molecule has 6 nitrogen and oxygen atoms in total. The van der Waals surface area contributed by atoms with Crippen molar-refractivity contribution in [2.45, 2.75) is 32.1 Å². The first-order valence-corrected chi connectivity index (χ1v) is 5.63. The average molecular weight is 244 g/mol. The van der Waals surface area contributed by atoms with E-state index in [1.165, 1.54) is 0 Å². The molecule has 0 aliphatic heterocycles. The molecule has 0 saturated heterocycles. The zero-order valence-electron chi connectivity index (χ0n) is 9.33. The molecule has 0 bridgehead atoms. The monoisotopic (exact) mass is 244 g/mol. The highest BCUT2D eigenvalue weighted by molar-refractivity contribution is 5.93. The van der Waals surface area contributed by atoms with E-state index in [2.05, 4.69) is 0 Å². The smallest absolute Gasteiger partial charge is 0.318 e. The molecule has 0 aromatic heterocycles. The third-order valence-electron chi connectivity index (χ3n) is 3.35. The van der Waals surface area contributed by atoms with E-state index in [1.54, 1.807) is 0 Å². The fraction of sp³-hybridized carbons (Fsp3) is 0.727. The Hall–Kier alpha value is -1.59. The minimum atomic E-state index is -1.62. The van der Waals surface area contributed by atoms with Crippen LogP contribution in [0.15, 0.2) is 0 Å². The molecule has 2 atom stereocenters. The summed E-state index contributed by atoms with van der Waals surface area (Å²) >= 11 is 0. The Balaban J connectivity index is 2.98. The molecule has 1 rings (SSSR count). The van der Waals surface area contributed by atoms with E-state index in [0.29, 0.717) is 25.7 Å². The normalized spacial score (nSPS) is 25.2. The molecule has 17 heavy (non-hydrogen) atoms. The van der Waals surface area contributed by atoms with E-state index < -0.39 is 35.7 Å². The molecular formula is C11H16O6. The topological polar surface area (TPSA) is 112 Å². The van der Waals surface area contributed by atoms with E-state index in [4.69, 9.17) is 15.3 Å². The van der Waals surface area contributed by atoms with Gasteiger partial charge in [0, 0.05) is 0 Å². The predicted octanol–water partition coefficient (Wildman–Crippen LogP) is 1.05. The molecule has 1 aliphatic carbocycles. The number of rotatable bonds is 4. The molecule has 0 radical (unpaired) electrons. The predicted molar refractivity (Wildman–Crippen MR) is 56.5 cm³/mol. The van der Waals surface area contributed by atoms with Gasteiger partial charge in [0.25, 0.3) is 0 Å². The fourth-order valence-electron chi connectivity index (χ4n) is 2.51. The van der Waals surface area contributed by atoms with Crippen molar-refractivity contribution in [1.82, 2.24) is 0 Å². The summed E-state index contributed by atoms with van der Waals surface area (Å²) in [6, 6.07) is 0. The lowest BCUT2D eigenvalue weighted by molar-refractivity contribution is -0.160. The number of carboxylic acids is 3. The lowest BCUT2D eigenvalue weighted by Crippen LogP contribution is -2.37. The Morgan fingerprint density at radius 3 is 1.88 bits per heavy atom. The Labute approximate surface area is 98.3 Å². The fourth-order valence-corrected chi connectivity index (χ4v) is 2.51. The van der Waals surface area contributed by atoms with Gasteiger partial charge in [-0.25, -0.2) is 0 Å². The van der Waals surface area contributed by atoms with Gasteiger partial charge in [0.05, 0.1) is 5.92 Å². The number of hydrogen-bond acceptors (Lipinski definition) is 3. The van der Waals surface area contributed by atoms with Crippen LogP contribution in [0.2, 0.25) is 0 Å². The van der Waals surface area contributed by atoms with Crippen LogP contribution in [-0.2, 0) is 14.4 Å². The van der Waals surface area contributed by atoms with Crippen LogP contribution in [0.4, 0.5) is 0 Å². The first-order chi connectivity index (χ1) is 7.95. The van der Waals surface area contributed by atoms with Crippen molar-refractivity contribution in [1.29, 1.82) is 0 Å². The van der Waals surface area contributed by atoms with Crippen molar-refractivity contribution in [3.8, 4) is 0 Å². The van der Waals surface area contributed by atoms with Crippen LogP contribution < -0.4 is 0 Å². The van der Waals surface area contributed by atoms with Crippen molar-refractivity contribution in [3.05, 3.63) is 0 Å². The summed E-state index contributed by atoms with van der Waals surface area (Å²) in [5, 5.41) is 26.9. The summed E-state index contributed by atoms with van der Waals surface area (Å²) in [6.45, 7) is 0. The average Bonchev–Trinajstić information content (AvgIpc) is 2.42. The van der Waals surface area contributed by atoms with Crippen LogP contribution in [0, 0.1) is 17.8 Å². The Morgan fingerprint density at radius 1 is 0.882 bits per heavy atom. The van der Waals surface area contributed by atoms with Gasteiger partial charge in [-0.15, -0.1) is 0 Å². The highest BCUT2D eigenvalue weighted by Gasteiger charge is 2.42. The quantitative estimate of drug-likeness (QED) is 0.503. The van der Waals surface area contributed by atoms with Gasteiger partial charge < -0.3 is 15.3 Å². The van der Waals surface area contributed by atoms with Crippen molar-refractivity contribution < 1.29 is 29.7 Å². The van der Waals surface area contributed by atoms with Gasteiger partial charge in [-0.05, 0) is 18.8 Å². The van der Waals surface area contributed by atoms with Crippen LogP contribution in [0.5, 0.6) is 0 Å². The number of hydrogen-bond donors (Lipinski definition) is 3. The summed E-state index contributed by atoms with van der Waals surface area (Å²) in [6.07, 6.45) is 2.93. The van der Waals surface area contributed by atoms with E-state index in [0.717, 1.165) is 6.42 Å². The van der Waals surface area contributed by atoms with Crippen LogP contribution in [0.1, 0.15) is 32.1 Å². The number of carbonyl (C=O) groups is 3. The summed E-state index contributed by atoms with van der Waals surface area (Å²) < 4.78 is 0. The molecule has 1 saturated carbocycles. The Morgan fingerprint density at radius 2 is 1.41 bits per heavy atom. The van der Waals surface area contributed by atoms with E-state index >= 15 is 0 Å². The molecular weight excluding hydrogens is 228 g/mol. The van der Waals surface area contributed by atoms with Crippen molar-refractivity contribution >= 4 is 17.9 Å². The van der Waals surface area contributed by atoms with Crippen molar-refractivity contribution in [2.75, 3.05) is 0 Å². The molecule has 0 amide bonds. The van der Waals surface area contributed by atoms with Crippen molar-refractivity contribution in [3.63, 3.8) is 0 Å². The van der Waals surface area contributed by atoms with Gasteiger partial charge in [-0.3, -0.25) is 14.4 Å². The third-order valence-corrected chi connectivity index (χ3v) is 3.35. The Bertz CT molecular complexity index is 310. The summed E-state index contributed by atoms with van der Waals surface area (Å²) in [5.41, 5.74) is 0. The molecule has 6 heteroatoms. The number of carboxylic acid groups (broad SMARTS) is 3. The van der Waals surface area contributed by atoms with Crippen molar-refractivity contribution in [2.24, 2.45) is 17.8 Å². The summed E-state index contributed by atoms with van der Waals surface area (Å²) in [5.74, 6) is -7.29. The zero-order valence-corrected chi connectivity index (χ0v) is 9.33. The van der Waals surface area contributed by atoms with Gasteiger partial charge in [0.2, 0.25) is 0 Å². The second-order valence-corrected chi connectivity index (χ2v) is 4.40. The zero-order chi connectivity index (χ0) is 13.0. The minimum absolute atomic E-state index is 0.347. The summed E-state index contributed by atoms with van der Waals surface area (Å²) in [7, 11) is 0. The van der Waals surface area contributed by atoms with Gasteiger partial charge in [0.15, 0.2) is 5.92 Å². The highest BCUT2D eigenvalue weighted by atomic mass is 16.4. The lowest BCUT2D eigenvalue weighted by atomic mass is 9.78. The van der Waals surface area contributed by atoms with Gasteiger partial charge in [0.1, 0.15) is 0 Å². The SMILES string of the molecule is O=C(O)C1CCCCCC1C(C(=O)O)C(=O)O. The first-order valence-electron chi connectivity index (χ1n) is 5.63. The summed E-state index contributed by atoms with van der Waals surface area (Å²) in [4.78, 5) is 33.0. The molecule has 1 fully saturated rings. The van der Waals surface area contributed by atoms with E-state index in [9.17, 15) is 14.4 Å². The molecule has 0 spiro atoms. The molecule has 0 heterocycles. The van der Waals surface area contributed by atoms with Gasteiger partial charge >= 0.3 is 17.9 Å². The molecule has 1 aliphatic rings. The van der Waals surface area contributed by atoms with Crippen LogP contribution in [0.3, 0.4) is 0 Å². The first kappa shape index (κ1) is 13.5.